The van der Waals surface area contributed by atoms with E-state index >= 15 is 0 Å². The minimum atomic E-state index is 0.000289. The van der Waals surface area contributed by atoms with Crippen LogP contribution >= 0.6 is 0 Å². The summed E-state index contributed by atoms with van der Waals surface area (Å²) in [6.45, 7) is 6.15. The highest BCUT2D eigenvalue weighted by Gasteiger charge is 2.27. The molecule has 1 aromatic heterocycles. The molecule has 24 heavy (non-hydrogen) atoms. The molecule has 128 valence electrons. The number of nitrogens with two attached hydrogens (primary N) is 1. The summed E-state index contributed by atoms with van der Waals surface area (Å²) >= 11 is 0. The highest BCUT2D eigenvalue weighted by molar-refractivity contribution is 5.97. The van der Waals surface area contributed by atoms with Gasteiger partial charge in [0.05, 0.1) is 16.8 Å². The average molecular weight is 329 g/mol. The molecule has 3 rings (SSSR count). The van der Waals surface area contributed by atoms with Crippen LogP contribution in [0.15, 0.2) is 28.8 Å². The number of benzene rings is 1. The highest BCUT2D eigenvalue weighted by atomic mass is 16.5. The van der Waals surface area contributed by atoms with Gasteiger partial charge in [-0.1, -0.05) is 17.3 Å². The lowest BCUT2D eigenvalue weighted by atomic mass is 10.1. The SMILES string of the molecule is Cc1noc(C)c1COc1ccccc1C(=O)N1CCC(CN)C1. The number of hydrogen-bond donors (Lipinski definition) is 1. The first kappa shape index (κ1) is 16.5. The Balaban J connectivity index is 1.74. The monoisotopic (exact) mass is 329 g/mol. The maximum absolute atomic E-state index is 12.8. The van der Waals surface area contributed by atoms with Crippen molar-refractivity contribution in [3.8, 4) is 5.75 Å². The molecule has 1 aliphatic rings. The lowest BCUT2D eigenvalue weighted by molar-refractivity contribution is 0.0782. The van der Waals surface area contributed by atoms with Gasteiger partial charge >= 0.3 is 0 Å². The van der Waals surface area contributed by atoms with Crippen molar-refractivity contribution in [2.24, 2.45) is 11.7 Å². The first-order valence-electron chi connectivity index (χ1n) is 8.23. The Morgan fingerprint density at radius 1 is 1.42 bits per heavy atom. The summed E-state index contributed by atoms with van der Waals surface area (Å²) in [5, 5.41) is 3.92. The van der Waals surface area contributed by atoms with Gasteiger partial charge in [-0.15, -0.1) is 0 Å². The van der Waals surface area contributed by atoms with Crippen molar-refractivity contribution in [2.45, 2.75) is 26.9 Å². The molecule has 6 nitrogen and oxygen atoms in total. The van der Waals surface area contributed by atoms with E-state index in [1.807, 2.05) is 36.9 Å². The third-order valence-electron chi connectivity index (χ3n) is 4.58. The van der Waals surface area contributed by atoms with Gasteiger partial charge in [-0.3, -0.25) is 4.79 Å². The van der Waals surface area contributed by atoms with Crippen LogP contribution in [0, 0.1) is 19.8 Å². The van der Waals surface area contributed by atoms with E-state index in [1.54, 1.807) is 6.07 Å². The molecule has 1 amide bonds. The summed E-state index contributed by atoms with van der Waals surface area (Å²) in [6, 6.07) is 7.35. The minimum Gasteiger partial charge on any atom is -0.488 e. The maximum Gasteiger partial charge on any atom is 0.257 e. The van der Waals surface area contributed by atoms with Crippen molar-refractivity contribution in [3.63, 3.8) is 0 Å². The van der Waals surface area contributed by atoms with Crippen LogP contribution in [0.5, 0.6) is 5.75 Å². The zero-order valence-corrected chi connectivity index (χ0v) is 14.1. The molecular weight excluding hydrogens is 306 g/mol. The van der Waals surface area contributed by atoms with Crippen molar-refractivity contribution in [2.75, 3.05) is 19.6 Å². The number of amides is 1. The van der Waals surface area contributed by atoms with Crippen molar-refractivity contribution in [1.82, 2.24) is 10.1 Å². The third kappa shape index (κ3) is 3.28. The molecule has 1 aliphatic heterocycles. The molecule has 2 N–H and O–H groups in total. The van der Waals surface area contributed by atoms with Gasteiger partial charge in [0.15, 0.2) is 0 Å². The molecular formula is C18H23N3O3. The summed E-state index contributed by atoms with van der Waals surface area (Å²) in [4.78, 5) is 14.7. The molecule has 6 heteroatoms. The Bertz CT molecular complexity index is 707. The highest BCUT2D eigenvalue weighted by Crippen LogP contribution is 2.25. The van der Waals surface area contributed by atoms with Crippen molar-refractivity contribution in [3.05, 3.63) is 46.8 Å². The molecule has 0 saturated carbocycles. The summed E-state index contributed by atoms with van der Waals surface area (Å²) in [5.41, 5.74) is 8.03. The van der Waals surface area contributed by atoms with E-state index in [-0.39, 0.29) is 5.91 Å². The number of rotatable bonds is 5. The number of aromatic nitrogens is 1. The van der Waals surface area contributed by atoms with Gasteiger partial charge in [0.2, 0.25) is 0 Å². The standard InChI is InChI=1S/C18H23N3O3/c1-12-16(13(2)24-20-12)11-23-17-6-4-3-5-15(17)18(22)21-8-7-14(9-19)10-21/h3-6,14H,7-11,19H2,1-2H3. The Labute approximate surface area is 141 Å². The van der Waals surface area contributed by atoms with E-state index in [9.17, 15) is 4.79 Å². The van der Waals surface area contributed by atoms with Gasteiger partial charge in [-0.2, -0.15) is 0 Å². The molecule has 1 aromatic carbocycles. The molecule has 1 fully saturated rings. The Morgan fingerprint density at radius 2 is 2.21 bits per heavy atom. The molecule has 0 radical (unpaired) electrons. The molecule has 0 aliphatic carbocycles. The van der Waals surface area contributed by atoms with Gasteiger partial charge in [-0.05, 0) is 44.9 Å². The fourth-order valence-corrected chi connectivity index (χ4v) is 3.01. The fourth-order valence-electron chi connectivity index (χ4n) is 3.01. The van der Waals surface area contributed by atoms with E-state index in [0.717, 1.165) is 30.0 Å². The Morgan fingerprint density at radius 3 is 2.88 bits per heavy atom. The minimum absolute atomic E-state index is 0.000289. The quantitative estimate of drug-likeness (QED) is 0.910. The van der Waals surface area contributed by atoms with Crippen molar-refractivity contribution < 1.29 is 14.1 Å². The summed E-state index contributed by atoms with van der Waals surface area (Å²) in [6.07, 6.45) is 0.963. The molecule has 1 unspecified atom stereocenters. The van der Waals surface area contributed by atoms with Crippen LogP contribution in [0.4, 0.5) is 0 Å². The molecule has 2 aromatic rings. The molecule has 2 heterocycles. The Hall–Kier alpha value is -2.34. The summed E-state index contributed by atoms with van der Waals surface area (Å²) < 4.78 is 11.1. The van der Waals surface area contributed by atoms with Gasteiger partial charge < -0.3 is 19.9 Å². The molecule has 1 saturated heterocycles. The number of carbonyl (C=O) groups is 1. The van der Waals surface area contributed by atoms with E-state index in [2.05, 4.69) is 5.16 Å². The van der Waals surface area contributed by atoms with Crippen LogP contribution in [-0.2, 0) is 6.61 Å². The van der Waals surface area contributed by atoms with Gasteiger partial charge in [0.25, 0.3) is 5.91 Å². The largest absolute Gasteiger partial charge is 0.488 e. The number of likely N-dealkylation sites (tertiary alicyclic amines) is 1. The van der Waals surface area contributed by atoms with Crippen LogP contribution in [0.1, 0.15) is 33.8 Å². The predicted molar refractivity (Wildman–Crippen MR) is 89.8 cm³/mol. The number of carbonyl (C=O) groups excluding carboxylic acids is 1. The van der Waals surface area contributed by atoms with Crippen LogP contribution in [0.2, 0.25) is 0 Å². The zero-order valence-electron chi connectivity index (χ0n) is 14.1. The number of hydrogen-bond acceptors (Lipinski definition) is 5. The average Bonchev–Trinajstić information content (AvgIpc) is 3.20. The van der Waals surface area contributed by atoms with Gasteiger partial charge in [0.1, 0.15) is 18.1 Å². The first-order valence-corrected chi connectivity index (χ1v) is 8.23. The van der Waals surface area contributed by atoms with E-state index in [1.165, 1.54) is 0 Å². The first-order chi connectivity index (χ1) is 11.6. The molecule has 1 atom stereocenters. The topological polar surface area (TPSA) is 81.6 Å². The van der Waals surface area contributed by atoms with Gasteiger partial charge in [-0.25, -0.2) is 0 Å². The van der Waals surface area contributed by atoms with Crippen LogP contribution < -0.4 is 10.5 Å². The lowest BCUT2D eigenvalue weighted by Crippen LogP contribution is -2.30. The maximum atomic E-state index is 12.8. The van der Waals surface area contributed by atoms with Crippen LogP contribution in [0.3, 0.4) is 0 Å². The smallest absolute Gasteiger partial charge is 0.257 e. The van der Waals surface area contributed by atoms with E-state index < -0.39 is 0 Å². The van der Waals surface area contributed by atoms with E-state index in [4.69, 9.17) is 15.0 Å². The summed E-state index contributed by atoms with van der Waals surface area (Å²) in [7, 11) is 0. The number of para-hydroxylation sites is 1. The lowest BCUT2D eigenvalue weighted by Gasteiger charge is -2.18. The Kier molecular flexibility index (Phi) is 4.85. The van der Waals surface area contributed by atoms with Crippen LogP contribution in [0.25, 0.3) is 0 Å². The number of nitrogens with zero attached hydrogens (tertiary/aromatic N) is 2. The number of ether oxygens (including phenoxy) is 1. The molecule has 0 bridgehead atoms. The predicted octanol–water partition coefficient (Wildman–Crippen LogP) is 2.29. The van der Waals surface area contributed by atoms with Crippen molar-refractivity contribution >= 4 is 5.91 Å². The van der Waals surface area contributed by atoms with Gasteiger partial charge in [0, 0.05) is 13.1 Å². The normalized spacial score (nSPS) is 17.3. The second-order valence-corrected chi connectivity index (χ2v) is 6.23. The number of aryl methyl sites for hydroxylation is 2. The van der Waals surface area contributed by atoms with E-state index in [0.29, 0.717) is 36.9 Å². The second kappa shape index (κ2) is 7.05. The fraction of sp³-hybridized carbons (Fsp3) is 0.444. The third-order valence-corrected chi connectivity index (χ3v) is 4.58. The summed E-state index contributed by atoms with van der Waals surface area (Å²) in [5.74, 6) is 1.71. The van der Waals surface area contributed by atoms with Crippen LogP contribution in [-0.4, -0.2) is 35.6 Å². The molecule has 0 spiro atoms. The second-order valence-electron chi connectivity index (χ2n) is 6.23. The van der Waals surface area contributed by atoms with Crippen molar-refractivity contribution in [1.29, 1.82) is 0 Å². The zero-order chi connectivity index (χ0) is 17.1.